The molecule has 0 aliphatic heterocycles. The van der Waals surface area contributed by atoms with Gasteiger partial charge in [-0.2, -0.15) is 5.10 Å². The van der Waals surface area contributed by atoms with Crippen LogP contribution in [0.4, 0.5) is 4.79 Å². The van der Waals surface area contributed by atoms with E-state index in [0.29, 0.717) is 18.1 Å². The van der Waals surface area contributed by atoms with Gasteiger partial charge in [-0.15, -0.1) is 0 Å². The first-order chi connectivity index (χ1) is 9.21. The maximum atomic E-state index is 10.8. The summed E-state index contributed by atoms with van der Waals surface area (Å²) in [5.41, 5.74) is 2.98. The number of methoxy groups -OCH3 is 2. The van der Waals surface area contributed by atoms with E-state index in [1.807, 2.05) is 13.0 Å². The van der Waals surface area contributed by atoms with Gasteiger partial charge in [-0.05, 0) is 30.2 Å². The molecule has 1 rings (SSSR count). The molecule has 1 aromatic rings. The lowest BCUT2D eigenvalue weighted by molar-refractivity contribution is 0.171. The van der Waals surface area contributed by atoms with Gasteiger partial charge in [0.05, 0.1) is 27.0 Å². The van der Waals surface area contributed by atoms with E-state index in [2.05, 4.69) is 15.3 Å². The number of ether oxygens (including phenoxy) is 3. The van der Waals surface area contributed by atoms with Crippen molar-refractivity contribution in [3.8, 4) is 11.5 Å². The van der Waals surface area contributed by atoms with Crippen molar-refractivity contribution in [1.82, 2.24) is 5.43 Å². The van der Waals surface area contributed by atoms with Gasteiger partial charge >= 0.3 is 6.09 Å². The van der Waals surface area contributed by atoms with E-state index in [9.17, 15) is 4.79 Å². The molecule has 0 fully saturated rings. The maximum absolute atomic E-state index is 10.8. The predicted octanol–water partition coefficient (Wildman–Crippen LogP) is 2.17. The second kappa shape index (κ2) is 7.97. The summed E-state index contributed by atoms with van der Waals surface area (Å²) < 4.78 is 15.2. The Hall–Kier alpha value is -2.24. The van der Waals surface area contributed by atoms with Gasteiger partial charge < -0.3 is 14.2 Å². The normalized spacial score (nSPS) is 10.3. The molecule has 1 aromatic carbocycles. The van der Waals surface area contributed by atoms with E-state index in [-0.39, 0.29) is 0 Å². The van der Waals surface area contributed by atoms with Gasteiger partial charge in [-0.3, -0.25) is 0 Å². The van der Waals surface area contributed by atoms with Gasteiger partial charge in [0.25, 0.3) is 0 Å². The van der Waals surface area contributed by atoms with E-state index >= 15 is 0 Å². The zero-order valence-electron chi connectivity index (χ0n) is 11.3. The largest absolute Gasteiger partial charge is 0.493 e. The first kappa shape index (κ1) is 14.8. The first-order valence-electron chi connectivity index (χ1n) is 5.89. The van der Waals surface area contributed by atoms with Gasteiger partial charge in [-0.25, -0.2) is 10.2 Å². The van der Waals surface area contributed by atoms with Crippen LogP contribution in [0.1, 0.15) is 18.9 Å². The third kappa shape index (κ3) is 4.87. The van der Waals surface area contributed by atoms with Gasteiger partial charge in [0, 0.05) is 0 Å². The molecular weight excluding hydrogens is 248 g/mol. The summed E-state index contributed by atoms with van der Waals surface area (Å²) in [5, 5.41) is 3.73. The van der Waals surface area contributed by atoms with Gasteiger partial charge in [-0.1, -0.05) is 6.92 Å². The topological polar surface area (TPSA) is 69.2 Å². The fraction of sp³-hybridized carbons (Fsp3) is 0.385. The zero-order valence-corrected chi connectivity index (χ0v) is 11.3. The first-order valence-corrected chi connectivity index (χ1v) is 5.89. The molecule has 0 aliphatic carbocycles. The lowest BCUT2D eigenvalue weighted by atomic mass is 10.2. The van der Waals surface area contributed by atoms with Crippen molar-refractivity contribution in [2.45, 2.75) is 13.3 Å². The molecule has 0 saturated heterocycles. The lowest BCUT2D eigenvalue weighted by Gasteiger charge is -2.10. The third-order valence-corrected chi connectivity index (χ3v) is 2.20. The second-order valence-corrected chi connectivity index (χ2v) is 3.62. The standard InChI is InChI=1S/C13H18N2O4/c1-4-7-19-11-6-5-10(8-12(11)17-2)9-14-15-13(16)18-3/h5-6,8-9H,4,7H2,1-3H3,(H,15,16)/b14-9+. The van der Waals surface area contributed by atoms with Crippen LogP contribution in [0.25, 0.3) is 0 Å². The van der Waals surface area contributed by atoms with Crippen molar-refractivity contribution in [2.24, 2.45) is 5.10 Å². The summed E-state index contributed by atoms with van der Waals surface area (Å²) in [5.74, 6) is 1.30. The summed E-state index contributed by atoms with van der Waals surface area (Å²) in [7, 11) is 2.84. The Labute approximate surface area is 112 Å². The molecule has 0 spiro atoms. The second-order valence-electron chi connectivity index (χ2n) is 3.62. The van der Waals surface area contributed by atoms with Crippen LogP contribution >= 0.6 is 0 Å². The van der Waals surface area contributed by atoms with Crippen molar-refractivity contribution in [3.63, 3.8) is 0 Å². The Morgan fingerprint density at radius 1 is 1.37 bits per heavy atom. The molecule has 1 amide bonds. The number of rotatable bonds is 6. The summed E-state index contributed by atoms with van der Waals surface area (Å²) in [4.78, 5) is 10.8. The quantitative estimate of drug-likeness (QED) is 0.633. The molecule has 1 N–H and O–H groups in total. The van der Waals surface area contributed by atoms with Crippen LogP contribution in [0, 0.1) is 0 Å². The highest BCUT2D eigenvalue weighted by atomic mass is 16.5. The average Bonchev–Trinajstić information content (AvgIpc) is 2.45. The zero-order chi connectivity index (χ0) is 14.1. The predicted molar refractivity (Wildman–Crippen MR) is 71.9 cm³/mol. The Morgan fingerprint density at radius 2 is 2.16 bits per heavy atom. The van der Waals surface area contributed by atoms with E-state index in [1.165, 1.54) is 13.3 Å². The molecule has 0 radical (unpaired) electrons. The molecule has 0 heterocycles. The molecule has 104 valence electrons. The van der Waals surface area contributed by atoms with Crippen LogP contribution in [-0.4, -0.2) is 33.1 Å². The lowest BCUT2D eigenvalue weighted by Crippen LogP contribution is -2.16. The number of hydrogen-bond donors (Lipinski definition) is 1. The number of nitrogens with zero attached hydrogens (tertiary/aromatic N) is 1. The minimum atomic E-state index is -0.619. The molecule has 6 heteroatoms. The van der Waals surface area contributed by atoms with Crippen LogP contribution < -0.4 is 14.9 Å². The maximum Gasteiger partial charge on any atom is 0.427 e. The highest BCUT2D eigenvalue weighted by Crippen LogP contribution is 2.27. The van der Waals surface area contributed by atoms with E-state index in [0.717, 1.165) is 12.0 Å². The molecule has 0 aliphatic rings. The number of amides is 1. The van der Waals surface area contributed by atoms with Crippen LogP contribution in [-0.2, 0) is 4.74 Å². The minimum absolute atomic E-state index is 0.619. The van der Waals surface area contributed by atoms with Crippen molar-refractivity contribution in [2.75, 3.05) is 20.8 Å². The Bertz CT molecular complexity index is 446. The van der Waals surface area contributed by atoms with Crippen molar-refractivity contribution in [3.05, 3.63) is 23.8 Å². The molecule has 0 unspecified atom stereocenters. The fourth-order valence-corrected chi connectivity index (χ4v) is 1.30. The number of benzene rings is 1. The van der Waals surface area contributed by atoms with E-state index < -0.39 is 6.09 Å². The van der Waals surface area contributed by atoms with Crippen molar-refractivity contribution in [1.29, 1.82) is 0 Å². The number of carbonyl (C=O) groups is 1. The van der Waals surface area contributed by atoms with Crippen molar-refractivity contribution >= 4 is 12.3 Å². The Morgan fingerprint density at radius 3 is 2.79 bits per heavy atom. The number of carbonyl (C=O) groups excluding carboxylic acids is 1. The molecule has 0 saturated carbocycles. The highest BCUT2D eigenvalue weighted by molar-refractivity contribution is 5.82. The summed E-state index contributed by atoms with van der Waals surface area (Å²) >= 11 is 0. The van der Waals surface area contributed by atoms with Crippen LogP contribution in [0.3, 0.4) is 0 Å². The molecule has 0 bridgehead atoms. The Kier molecular flexibility index (Phi) is 6.21. The fourth-order valence-electron chi connectivity index (χ4n) is 1.30. The molecule has 0 atom stereocenters. The molecular formula is C13H18N2O4. The molecule has 0 aromatic heterocycles. The average molecular weight is 266 g/mol. The van der Waals surface area contributed by atoms with Crippen LogP contribution in [0.5, 0.6) is 11.5 Å². The van der Waals surface area contributed by atoms with E-state index in [1.54, 1.807) is 19.2 Å². The summed E-state index contributed by atoms with van der Waals surface area (Å²) in [6.07, 6.45) is 1.80. The minimum Gasteiger partial charge on any atom is -0.493 e. The number of nitrogens with one attached hydrogen (secondary N) is 1. The van der Waals surface area contributed by atoms with E-state index in [4.69, 9.17) is 9.47 Å². The monoisotopic (exact) mass is 266 g/mol. The smallest absolute Gasteiger partial charge is 0.427 e. The molecule has 19 heavy (non-hydrogen) atoms. The van der Waals surface area contributed by atoms with Crippen molar-refractivity contribution < 1.29 is 19.0 Å². The third-order valence-electron chi connectivity index (χ3n) is 2.20. The summed E-state index contributed by atoms with van der Waals surface area (Å²) in [6, 6.07) is 5.39. The highest BCUT2D eigenvalue weighted by Gasteiger charge is 2.04. The van der Waals surface area contributed by atoms with Gasteiger partial charge in [0.2, 0.25) is 0 Å². The Balaban J connectivity index is 2.73. The van der Waals surface area contributed by atoms with Gasteiger partial charge in [0.15, 0.2) is 11.5 Å². The van der Waals surface area contributed by atoms with Crippen LogP contribution in [0.15, 0.2) is 23.3 Å². The van der Waals surface area contributed by atoms with Crippen LogP contribution in [0.2, 0.25) is 0 Å². The van der Waals surface area contributed by atoms with Gasteiger partial charge in [0.1, 0.15) is 0 Å². The number of hydrazone groups is 1. The summed E-state index contributed by atoms with van der Waals surface area (Å²) in [6.45, 7) is 2.67. The SMILES string of the molecule is CCCOc1ccc(/C=N/NC(=O)OC)cc1OC. The number of hydrogen-bond acceptors (Lipinski definition) is 5. The molecule has 6 nitrogen and oxygen atoms in total.